The molecule has 1 saturated heterocycles. The Morgan fingerprint density at radius 3 is 2.29 bits per heavy atom. The SMILES string of the molecule is O=C(Cc1ccccc1)Nc1ccc(-c2ccc3ncc(N4CCN(C(=O)O)CC4)nc3c2)cc1. The zero-order valence-electron chi connectivity index (χ0n) is 19.1. The fraction of sp³-hybridized carbons (Fsp3) is 0.185. The van der Waals surface area contributed by atoms with Gasteiger partial charge in [-0.2, -0.15) is 0 Å². The summed E-state index contributed by atoms with van der Waals surface area (Å²) in [6.07, 6.45) is 1.19. The van der Waals surface area contributed by atoms with Gasteiger partial charge in [0.25, 0.3) is 0 Å². The maximum atomic E-state index is 12.3. The third-order valence-corrected chi connectivity index (χ3v) is 6.11. The van der Waals surface area contributed by atoms with Crippen molar-refractivity contribution >= 4 is 34.5 Å². The molecular formula is C27H25N5O3. The molecule has 2 heterocycles. The number of nitrogens with one attached hydrogen (secondary N) is 1. The van der Waals surface area contributed by atoms with Gasteiger partial charge in [0.2, 0.25) is 5.91 Å². The van der Waals surface area contributed by atoms with Crippen LogP contribution in [-0.2, 0) is 11.2 Å². The zero-order valence-corrected chi connectivity index (χ0v) is 19.1. The number of hydrogen-bond donors (Lipinski definition) is 2. The van der Waals surface area contributed by atoms with Crippen molar-refractivity contribution in [2.24, 2.45) is 0 Å². The van der Waals surface area contributed by atoms with Crippen molar-refractivity contribution in [3.8, 4) is 11.1 Å². The second-order valence-electron chi connectivity index (χ2n) is 8.48. The van der Waals surface area contributed by atoms with Gasteiger partial charge in [0.1, 0.15) is 5.82 Å². The van der Waals surface area contributed by atoms with Crippen molar-refractivity contribution in [2.45, 2.75) is 6.42 Å². The van der Waals surface area contributed by atoms with Crippen molar-refractivity contribution in [2.75, 3.05) is 36.4 Å². The maximum absolute atomic E-state index is 12.3. The molecular weight excluding hydrogens is 442 g/mol. The predicted octanol–water partition coefficient (Wildman–Crippen LogP) is 4.28. The minimum absolute atomic E-state index is 0.0540. The smallest absolute Gasteiger partial charge is 0.407 e. The summed E-state index contributed by atoms with van der Waals surface area (Å²) < 4.78 is 0. The molecule has 35 heavy (non-hydrogen) atoms. The van der Waals surface area contributed by atoms with Crippen LogP contribution in [-0.4, -0.2) is 58.2 Å². The summed E-state index contributed by atoms with van der Waals surface area (Å²) in [4.78, 5) is 36.3. The highest BCUT2D eigenvalue weighted by Gasteiger charge is 2.21. The molecule has 1 fully saturated rings. The number of carboxylic acid groups (broad SMARTS) is 1. The minimum atomic E-state index is -0.888. The maximum Gasteiger partial charge on any atom is 0.407 e. The number of rotatable bonds is 5. The largest absolute Gasteiger partial charge is 0.465 e. The highest BCUT2D eigenvalue weighted by atomic mass is 16.4. The number of piperazine rings is 1. The molecule has 8 nitrogen and oxygen atoms in total. The van der Waals surface area contributed by atoms with Crippen LogP contribution in [0, 0.1) is 0 Å². The van der Waals surface area contributed by atoms with E-state index >= 15 is 0 Å². The number of nitrogens with zero attached hydrogens (tertiary/aromatic N) is 4. The van der Waals surface area contributed by atoms with E-state index in [4.69, 9.17) is 10.1 Å². The fourth-order valence-electron chi connectivity index (χ4n) is 4.19. The molecule has 4 aromatic rings. The third-order valence-electron chi connectivity index (χ3n) is 6.11. The number of aromatic nitrogens is 2. The average molecular weight is 468 g/mol. The van der Waals surface area contributed by atoms with E-state index in [2.05, 4.69) is 15.2 Å². The van der Waals surface area contributed by atoms with Crippen LogP contribution in [0.5, 0.6) is 0 Å². The fourth-order valence-corrected chi connectivity index (χ4v) is 4.19. The Labute approximate surface area is 202 Å². The molecule has 5 rings (SSSR count). The van der Waals surface area contributed by atoms with Gasteiger partial charge in [0.15, 0.2) is 0 Å². The highest BCUT2D eigenvalue weighted by Crippen LogP contribution is 2.26. The first kappa shape index (κ1) is 22.3. The first-order valence-corrected chi connectivity index (χ1v) is 11.5. The van der Waals surface area contributed by atoms with Gasteiger partial charge in [0, 0.05) is 31.9 Å². The van der Waals surface area contributed by atoms with E-state index in [0.717, 1.165) is 39.2 Å². The molecule has 2 amide bonds. The lowest BCUT2D eigenvalue weighted by molar-refractivity contribution is -0.115. The molecule has 3 aromatic carbocycles. The normalized spacial score (nSPS) is 13.6. The van der Waals surface area contributed by atoms with Gasteiger partial charge in [-0.3, -0.25) is 9.78 Å². The molecule has 176 valence electrons. The molecule has 0 aliphatic carbocycles. The molecule has 0 saturated carbocycles. The van der Waals surface area contributed by atoms with Crippen LogP contribution in [0.3, 0.4) is 0 Å². The Balaban J connectivity index is 1.28. The van der Waals surface area contributed by atoms with Gasteiger partial charge in [-0.25, -0.2) is 9.78 Å². The Hall–Kier alpha value is -4.46. The van der Waals surface area contributed by atoms with E-state index in [1.165, 1.54) is 4.90 Å². The van der Waals surface area contributed by atoms with Crippen molar-refractivity contribution in [1.82, 2.24) is 14.9 Å². The Morgan fingerprint density at radius 1 is 0.857 bits per heavy atom. The first-order chi connectivity index (χ1) is 17.0. The second-order valence-corrected chi connectivity index (χ2v) is 8.48. The lowest BCUT2D eigenvalue weighted by atomic mass is 10.0. The van der Waals surface area contributed by atoms with Crippen molar-refractivity contribution in [1.29, 1.82) is 0 Å². The van der Waals surface area contributed by atoms with E-state index < -0.39 is 6.09 Å². The van der Waals surface area contributed by atoms with Crippen LogP contribution in [0.15, 0.2) is 79.0 Å². The van der Waals surface area contributed by atoms with Crippen LogP contribution in [0.2, 0.25) is 0 Å². The van der Waals surface area contributed by atoms with Crippen LogP contribution in [0.25, 0.3) is 22.2 Å². The van der Waals surface area contributed by atoms with E-state index in [9.17, 15) is 9.59 Å². The molecule has 1 aliphatic heterocycles. The quantitative estimate of drug-likeness (QED) is 0.455. The zero-order chi connectivity index (χ0) is 24.2. The van der Waals surface area contributed by atoms with Gasteiger partial charge in [-0.15, -0.1) is 0 Å². The monoisotopic (exact) mass is 467 g/mol. The van der Waals surface area contributed by atoms with Crippen molar-refractivity contribution < 1.29 is 14.7 Å². The summed E-state index contributed by atoms with van der Waals surface area (Å²) >= 11 is 0. The molecule has 1 aromatic heterocycles. The lowest BCUT2D eigenvalue weighted by Crippen LogP contribution is -2.48. The van der Waals surface area contributed by atoms with E-state index in [1.54, 1.807) is 6.20 Å². The van der Waals surface area contributed by atoms with Crippen LogP contribution in [0.1, 0.15) is 5.56 Å². The highest BCUT2D eigenvalue weighted by molar-refractivity contribution is 5.92. The number of hydrogen-bond acceptors (Lipinski definition) is 5. The summed E-state index contributed by atoms with van der Waals surface area (Å²) in [6.45, 7) is 2.07. The summed E-state index contributed by atoms with van der Waals surface area (Å²) in [5.41, 5.74) is 5.31. The lowest BCUT2D eigenvalue weighted by Gasteiger charge is -2.33. The summed E-state index contributed by atoms with van der Waals surface area (Å²) in [6, 6.07) is 23.3. The summed E-state index contributed by atoms with van der Waals surface area (Å²) in [5, 5.41) is 12.1. The second kappa shape index (κ2) is 9.80. The number of amides is 2. The third kappa shape index (κ3) is 5.22. The van der Waals surface area contributed by atoms with Gasteiger partial charge in [-0.1, -0.05) is 48.5 Å². The molecule has 1 aliphatic rings. The van der Waals surface area contributed by atoms with Crippen LogP contribution >= 0.6 is 0 Å². The molecule has 0 spiro atoms. The van der Waals surface area contributed by atoms with Crippen LogP contribution < -0.4 is 10.2 Å². The molecule has 0 bridgehead atoms. The predicted molar refractivity (Wildman–Crippen MR) is 136 cm³/mol. The van der Waals surface area contributed by atoms with Gasteiger partial charge in [0.05, 0.1) is 23.7 Å². The van der Waals surface area contributed by atoms with Crippen LogP contribution in [0.4, 0.5) is 16.3 Å². The van der Waals surface area contributed by atoms with E-state index in [0.29, 0.717) is 32.6 Å². The van der Waals surface area contributed by atoms with E-state index in [-0.39, 0.29) is 5.91 Å². The van der Waals surface area contributed by atoms with Gasteiger partial charge >= 0.3 is 6.09 Å². The Morgan fingerprint density at radius 2 is 1.57 bits per heavy atom. The molecule has 0 radical (unpaired) electrons. The number of carbonyl (C=O) groups is 2. The average Bonchev–Trinajstić information content (AvgIpc) is 2.89. The Kier molecular flexibility index (Phi) is 6.26. The molecule has 0 unspecified atom stereocenters. The van der Waals surface area contributed by atoms with Gasteiger partial charge < -0.3 is 20.2 Å². The molecule has 8 heteroatoms. The van der Waals surface area contributed by atoms with Crippen molar-refractivity contribution in [3.63, 3.8) is 0 Å². The number of carbonyl (C=O) groups excluding carboxylic acids is 1. The topological polar surface area (TPSA) is 98.7 Å². The molecule has 2 N–H and O–H groups in total. The number of benzene rings is 3. The molecule has 0 atom stereocenters. The van der Waals surface area contributed by atoms with Crippen molar-refractivity contribution in [3.05, 3.63) is 84.6 Å². The van der Waals surface area contributed by atoms with Gasteiger partial charge in [-0.05, 0) is 41.0 Å². The Bertz CT molecular complexity index is 1350. The standard InChI is InChI=1S/C27H25N5O3/c33-26(16-19-4-2-1-3-5-19)29-22-9-6-20(7-10-22)21-8-11-23-24(17-21)30-25(18-28-23)31-12-14-32(15-13-31)27(34)35/h1-11,17-18H,12-16H2,(H,29,33)(H,34,35). The summed E-state index contributed by atoms with van der Waals surface area (Å²) in [5.74, 6) is 0.692. The number of fused-ring (bicyclic) bond motifs is 1. The summed E-state index contributed by atoms with van der Waals surface area (Å²) in [7, 11) is 0. The first-order valence-electron chi connectivity index (χ1n) is 11.5. The van der Waals surface area contributed by atoms with E-state index in [1.807, 2.05) is 72.8 Å². The minimum Gasteiger partial charge on any atom is -0.465 e. The number of anilines is 2.